The molecule has 0 aliphatic carbocycles. The van der Waals surface area contributed by atoms with E-state index in [9.17, 15) is 0 Å². The summed E-state index contributed by atoms with van der Waals surface area (Å²) in [5.41, 5.74) is 2.25. The Balaban J connectivity index is 2.69. The first-order chi connectivity index (χ1) is 8.36. The highest BCUT2D eigenvalue weighted by molar-refractivity contribution is 5.41. The fourth-order valence-corrected chi connectivity index (χ4v) is 1.50. The summed E-state index contributed by atoms with van der Waals surface area (Å²) < 4.78 is 0. The first-order valence-electron chi connectivity index (χ1n) is 6.23. The minimum Gasteiger partial charge on any atom is -0.103 e. The molecule has 0 amide bonds. The van der Waals surface area contributed by atoms with Gasteiger partial charge in [0.1, 0.15) is 0 Å². The summed E-state index contributed by atoms with van der Waals surface area (Å²) in [5, 5.41) is 0. The molecule has 0 heteroatoms. The van der Waals surface area contributed by atoms with Crippen LogP contribution < -0.4 is 0 Å². The van der Waals surface area contributed by atoms with E-state index in [0.717, 1.165) is 18.4 Å². The standard InChI is InChI=1S/C17H20/c1-3-5-7-11-16(10-4-2)14-15-17-12-8-6-9-13-17/h4,6,8-9,11-13H,2-3,5,7,10H2,1H3/b16-11+. The Labute approximate surface area is 105 Å². The van der Waals surface area contributed by atoms with Crippen LogP contribution in [0.15, 0.2) is 54.6 Å². The molecule has 0 nitrogen and oxygen atoms in total. The molecule has 0 saturated carbocycles. The van der Waals surface area contributed by atoms with Gasteiger partial charge in [-0.15, -0.1) is 6.58 Å². The van der Waals surface area contributed by atoms with Crippen LogP contribution in [0.25, 0.3) is 0 Å². The van der Waals surface area contributed by atoms with E-state index in [1.807, 2.05) is 36.4 Å². The molecule has 0 saturated heterocycles. The Hall–Kier alpha value is -1.74. The van der Waals surface area contributed by atoms with Crippen molar-refractivity contribution in [1.82, 2.24) is 0 Å². The summed E-state index contributed by atoms with van der Waals surface area (Å²) in [4.78, 5) is 0. The van der Waals surface area contributed by atoms with E-state index in [0.29, 0.717) is 0 Å². The molecule has 0 heterocycles. The molecular formula is C17H20. The van der Waals surface area contributed by atoms with E-state index in [2.05, 4.69) is 31.4 Å². The van der Waals surface area contributed by atoms with Crippen LogP contribution in [0.2, 0.25) is 0 Å². The van der Waals surface area contributed by atoms with Crippen molar-refractivity contribution in [1.29, 1.82) is 0 Å². The number of hydrogen-bond acceptors (Lipinski definition) is 0. The molecule has 0 radical (unpaired) electrons. The first kappa shape index (κ1) is 13.3. The lowest BCUT2D eigenvalue weighted by atomic mass is 10.1. The summed E-state index contributed by atoms with van der Waals surface area (Å²) in [7, 11) is 0. The van der Waals surface area contributed by atoms with Gasteiger partial charge < -0.3 is 0 Å². The smallest absolute Gasteiger partial charge is 0.0248 e. The van der Waals surface area contributed by atoms with Crippen molar-refractivity contribution in [2.24, 2.45) is 0 Å². The van der Waals surface area contributed by atoms with Gasteiger partial charge in [-0.05, 0) is 25.0 Å². The largest absolute Gasteiger partial charge is 0.103 e. The van der Waals surface area contributed by atoms with Crippen LogP contribution in [0.3, 0.4) is 0 Å². The van der Waals surface area contributed by atoms with Crippen molar-refractivity contribution in [3.05, 3.63) is 60.2 Å². The maximum absolute atomic E-state index is 3.78. The van der Waals surface area contributed by atoms with E-state index in [1.54, 1.807) is 0 Å². The molecular weight excluding hydrogens is 204 g/mol. The van der Waals surface area contributed by atoms with Gasteiger partial charge in [0.25, 0.3) is 0 Å². The van der Waals surface area contributed by atoms with Crippen molar-refractivity contribution in [2.45, 2.75) is 32.6 Å². The predicted octanol–water partition coefficient (Wildman–Crippen LogP) is 4.73. The van der Waals surface area contributed by atoms with Crippen molar-refractivity contribution >= 4 is 0 Å². The van der Waals surface area contributed by atoms with Gasteiger partial charge in [0.05, 0.1) is 0 Å². The maximum Gasteiger partial charge on any atom is 0.0248 e. The highest BCUT2D eigenvalue weighted by Crippen LogP contribution is 2.06. The fourth-order valence-electron chi connectivity index (χ4n) is 1.50. The molecule has 0 aromatic heterocycles. The zero-order valence-electron chi connectivity index (χ0n) is 10.6. The molecule has 1 rings (SSSR count). The van der Waals surface area contributed by atoms with Gasteiger partial charge in [-0.3, -0.25) is 0 Å². The molecule has 0 fully saturated rings. The Morgan fingerprint density at radius 3 is 2.71 bits per heavy atom. The van der Waals surface area contributed by atoms with Crippen molar-refractivity contribution in [3.63, 3.8) is 0 Å². The van der Waals surface area contributed by atoms with E-state index in [-0.39, 0.29) is 0 Å². The Kier molecular flexibility index (Phi) is 6.60. The first-order valence-corrected chi connectivity index (χ1v) is 6.23. The number of rotatable bonds is 5. The zero-order chi connectivity index (χ0) is 12.3. The van der Waals surface area contributed by atoms with Gasteiger partial charge in [0.2, 0.25) is 0 Å². The fraction of sp³-hybridized carbons (Fsp3) is 0.294. The number of unbranched alkanes of at least 4 members (excludes halogenated alkanes) is 2. The molecule has 88 valence electrons. The molecule has 0 spiro atoms. The minimum atomic E-state index is 0.865. The van der Waals surface area contributed by atoms with Crippen LogP contribution in [0.4, 0.5) is 0 Å². The zero-order valence-corrected chi connectivity index (χ0v) is 10.6. The SMILES string of the molecule is C=CC/C(C#Cc1ccccc1)=C\CCCC. The van der Waals surface area contributed by atoms with Gasteiger partial charge in [-0.1, -0.05) is 62.0 Å². The lowest BCUT2D eigenvalue weighted by molar-refractivity contribution is 0.811. The highest BCUT2D eigenvalue weighted by Gasteiger charge is 1.89. The molecule has 0 unspecified atom stereocenters. The second-order valence-electron chi connectivity index (χ2n) is 3.98. The van der Waals surface area contributed by atoms with E-state index in [4.69, 9.17) is 0 Å². The van der Waals surface area contributed by atoms with Crippen LogP contribution in [-0.2, 0) is 0 Å². The third kappa shape index (κ3) is 5.78. The van der Waals surface area contributed by atoms with Crippen molar-refractivity contribution < 1.29 is 0 Å². The molecule has 0 atom stereocenters. The predicted molar refractivity (Wildman–Crippen MR) is 75.7 cm³/mol. The topological polar surface area (TPSA) is 0 Å². The monoisotopic (exact) mass is 224 g/mol. The van der Waals surface area contributed by atoms with Crippen LogP contribution in [-0.4, -0.2) is 0 Å². The number of hydrogen-bond donors (Lipinski definition) is 0. The summed E-state index contributed by atoms with van der Waals surface area (Å²) in [6.07, 6.45) is 8.59. The van der Waals surface area contributed by atoms with Crippen LogP contribution in [0, 0.1) is 11.8 Å². The second-order valence-corrected chi connectivity index (χ2v) is 3.98. The molecule has 17 heavy (non-hydrogen) atoms. The summed E-state index contributed by atoms with van der Waals surface area (Å²) in [6.45, 7) is 5.98. The summed E-state index contributed by atoms with van der Waals surface area (Å²) in [6, 6.07) is 10.1. The molecule has 1 aromatic carbocycles. The molecule has 0 aliphatic heterocycles. The van der Waals surface area contributed by atoms with Crippen LogP contribution in [0.1, 0.15) is 38.2 Å². The van der Waals surface area contributed by atoms with Gasteiger partial charge in [0.15, 0.2) is 0 Å². The molecule has 1 aromatic rings. The van der Waals surface area contributed by atoms with Gasteiger partial charge >= 0.3 is 0 Å². The van der Waals surface area contributed by atoms with E-state index >= 15 is 0 Å². The van der Waals surface area contributed by atoms with E-state index in [1.165, 1.54) is 18.4 Å². The average molecular weight is 224 g/mol. The Bertz CT molecular complexity index is 412. The van der Waals surface area contributed by atoms with Crippen LogP contribution >= 0.6 is 0 Å². The summed E-state index contributed by atoms with van der Waals surface area (Å²) in [5.74, 6) is 6.43. The number of benzene rings is 1. The van der Waals surface area contributed by atoms with E-state index < -0.39 is 0 Å². The van der Waals surface area contributed by atoms with Crippen molar-refractivity contribution in [2.75, 3.05) is 0 Å². The average Bonchev–Trinajstić information content (AvgIpc) is 2.37. The third-order valence-corrected chi connectivity index (χ3v) is 2.45. The van der Waals surface area contributed by atoms with Crippen molar-refractivity contribution in [3.8, 4) is 11.8 Å². The third-order valence-electron chi connectivity index (χ3n) is 2.45. The lowest BCUT2D eigenvalue weighted by Gasteiger charge is -1.95. The van der Waals surface area contributed by atoms with Gasteiger partial charge in [0, 0.05) is 11.1 Å². The minimum absolute atomic E-state index is 0.865. The lowest BCUT2D eigenvalue weighted by Crippen LogP contribution is -1.79. The van der Waals surface area contributed by atoms with Gasteiger partial charge in [-0.25, -0.2) is 0 Å². The van der Waals surface area contributed by atoms with Crippen LogP contribution in [0.5, 0.6) is 0 Å². The maximum atomic E-state index is 3.78. The Morgan fingerprint density at radius 1 is 1.29 bits per heavy atom. The quantitative estimate of drug-likeness (QED) is 0.385. The normalized spacial score (nSPS) is 10.5. The number of allylic oxidation sites excluding steroid dienone is 3. The highest BCUT2D eigenvalue weighted by atomic mass is 13.9. The molecule has 0 aliphatic rings. The second kappa shape index (κ2) is 8.42. The summed E-state index contributed by atoms with van der Waals surface area (Å²) >= 11 is 0. The molecule has 0 N–H and O–H groups in total. The molecule has 0 bridgehead atoms. The Morgan fingerprint density at radius 2 is 2.06 bits per heavy atom. The van der Waals surface area contributed by atoms with Gasteiger partial charge in [-0.2, -0.15) is 0 Å².